The molecule has 0 spiro atoms. The predicted octanol–water partition coefficient (Wildman–Crippen LogP) is 1.24. The Labute approximate surface area is 68.5 Å². The molecule has 0 fully saturated rings. The smallest absolute Gasteiger partial charge is 0.306 e. The zero-order valence-electron chi connectivity index (χ0n) is 6.06. The molecular formula is C8H5N2O2. The summed E-state index contributed by atoms with van der Waals surface area (Å²) in [5, 5.41) is 16.3. The second-order valence-electron chi connectivity index (χ2n) is 2.22. The van der Waals surface area contributed by atoms with Crippen LogP contribution in [-0.2, 0) is 0 Å². The summed E-state index contributed by atoms with van der Waals surface area (Å²) in [6, 6.07) is 6.74. The summed E-state index contributed by atoms with van der Waals surface area (Å²) in [7, 11) is 0. The van der Waals surface area contributed by atoms with Gasteiger partial charge in [0, 0.05) is 0 Å². The molecule has 0 atom stereocenters. The third kappa shape index (κ3) is 1.03. The summed E-state index contributed by atoms with van der Waals surface area (Å²) in [4.78, 5) is 0. The minimum atomic E-state index is 0.121. The van der Waals surface area contributed by atoms with Crippen LogP contribution in [0.25, 0.3) is 11.5 Å². The van der Waals surface area contributed by atoms with E-state index in [0.29, 0.717) is 5.56 Å². The summed E-state index contributed by atoms with van der Waals surface area (Å²) in [5.74, 6) is 0.392. The molecule has 0 aliphatic rings. The van der Waals surface area contributed by atoms with Gasteiger partial charge in [0.15, 0.2) is 0 Å². The highest BCUT2D eigenvalue weighted by Crippen LogP contribution is 2.25. The first-order chi connectivity index (χ1) is 5.88. The van der Waals surface area contributed by atoms with E-state index in [4.69, 9.17) is 4.42 Å². The van der Waals surface area contributed by atoms with Crippen molar-refractivity contribution < 1.29 is 9.52 Å². The highest BCUT2D eigenvalue weighted by Gasteiger charge is 2.07. The van der Waals surface area contributed by atoms with E-state index in [0.717, 1.165) is 0 Å². The van der Waals surface area contributed by atoms with E-state index in [-0.39, 0.29) is 11.6 Å². The number of rotatable bonds is 1. The number of benzene rings is 1. The lowest BCUT2D eigenvalue weighted by atomic mass is 10.2. The monoisotopic (exact) mass is 161 g/mol. The maximum atomic E-state index is 9.34. The summed E-state index contributed by atoms with van der Waals surface area (Å²) in [6.07, 6.45) is 2.21. The average Bonchev–Trinajstić information content (AvgIpc) is 2.57. The lowest BCUT2D eigenvalue weighted by Crippen LogP contribution is -1.77. The van der Waals surface area contributed by atoms with Crippen molar-refractivity contribution in [2.45, 2.75) is 0 Å². The van der Waals surface area contributed by atoms with Gasteiger partial charge in [-0.2, -0.15) is 0 Å². The zero-order valence-corrected chi connectivity index (χ0v) is 6.06. The second kappa shape index (κ2) is 2.65. The van der Waals surface area contributed by atoms with Crippen molar-refractivity contribution in [3.8, 4) is 17.2 Å². The number of hydrogen-bond acceptors (Lipinski definition) is 4. The number of para-hydroxylation sites is 1. The van der Waals surface area contributed by atoms with E-state index in [1.807, 2.05) is 0 Å². The Hall–Kier alpha value is -1.84. The third-order valence-electron chi connectivity index (χ3n) is 1.46. The number of aromatic hydroxyl groups is 1. The fourth-order valence-corrected chi connectivity index (χ4v) is 0.913. The normalized spacial score (nSPS) is 10.0. The fraction of sp³-hybridized carbons (Fsp3) is 0. The maximum absolute atomic E-state index is 9.34. The van der Waals surface area contributed by atoms with Crippen LogP contribution in [0.5, 0.6) is 5.75 Å². The van der Waals surface area contributed by atoms with E-state index in [2.05, 4.69) is 16.6 Å². The van der Waals surface area contributed by atoms with Gasteiger partial charge in [-0.15, -0.1) is 10.2 Å². The number of phenols is 1. The van der Waals surface area contributed by atoms with Gasteiger partial charge in [-0.25, -0.2) is 0 Å². The van der Waals surface area contributed by atoms with E-state index < -0.39 is 0 Å². The molecule has 2 aromatic rings. The maximum Gasteiger partial charge on any atom is 0.306 e. The molecule has 0 amide bonds. The van der Waals surface area contributed by atoms with E-state index >= 15 is 0 Å². The van der Waals surface area contributed by atoms with Gasteiger partial charge in [0.05, 0.1) is 5.56 Å². The van der Waals surface area contributed by atoms with Gasteiger partial charge >= 0.3 is 6.39 Å². The summed E-state index contributed by atoms with van der Waals surface area (Å²) >= 11 is 0. The van der Waals surface area contributed by atoms with Crippen LogP contribution in [0.15, 0.2) is 28.7 Å². The molecule has 4 nitrogen and oxygen atoms in total. The molecule has 1 radical (unpaired) electrons. The molecule has 1 heterocycles. The molecule has 59 valence electrons. The Morgan fingerprint density at radius 1 is 1.33 bits per heavy atom. The van der Waals surface area contributed by atoms with Crippen LogP contribution in [0.2, 0.25) is 0 Å². The van der Waals surface area contributed by atoms with Crippen molar-refractivity contribution in [1.29, 1.82) is 0 Å². The van der Waals surface area contributed by atoms with Crippen molar-refractivity contribution in [2.24, 2.45) is 0 Å². The van der Waals surface area contributed by atoms with Crippen LogP contribution in [0.4, 0.5) is 0 Å². The van der Waals surface area contributed by atoms with Crippen LogP contribution in [-0.4, -0.2) is 15.3 Å². The molecule has 2 rings (SSSR count). The Morgan fingerprint density at radius 2 is 2.17 bits per heavy atom. The Morgan fingerprint density at radius 3 is 2.83 bits per heavy atom. The first kappa shape index (κ1) is 6.84. The van der Waals surface area contributed by atoms with Gasteiger partial charge in [0.2, 0.25) is 0 Å². The van der Waals surface area contributed by atoms with Crippen molar-refractivity contribution in [1.82, 2.24) is 10.2 Å². The van der Waals surface area contributed by atoms with Crippen LogP contribution >= 0.6 is 0 Å². The van der Waals surface area contributed by atoms with Gasteiger partial charge in [-0.1, -0.05) is 12.1 Å². The van der Waals surface area contributed by atoms with Gasteiger partial charge < -0.3 is 9.52 Å². The molecule has 0 unspecified atom stereocenters. The quantitative estimate of drug-likeness (QED) is 0.683. The SMILES string of the molecule is Oc1ccccc1-c1nn[c]o1. The highest BCUT2D eigenvalue weighted by atomic mass is 16.4. The molecule has 1 N–H and O–H groups in total. The van der Waals surface area contributed by atoms with Crippen LogP contribution in [0.3, 0.4) is 0 Å². The summed E-state index contributed by atoms with van der Waals surface area (Å²) in [6.45, 7) is 0. The average molecular weight is 161 g/mol. The molecule has 1 aromatic heterocycles. The van der Waals surface area contributed by atoms with Crippen molar-refractivity contribution >= 4 is 0 Å². The minimum Gasteiger partial charge on any atom is -0.507 e. The zero-order chi connectivity index (χ0) is 8.39. The number of aromatic nitrogens is 2. The molecular weight excluding hydrogens is 156 g/mol. The summed E-state index contributed by atoms with van der Waals surface area (Å²) < 4.78 is 4.79. The molecule has 1 aromatic carbocycles. The van der Waals surface area contributed by atoms with Crippen LogP contribution in [0.1, 0.15) is 0 Å². The third-order valence-corrected chi connectivity index (χ3v) is 1.46. The van der Waals surface area contributed by atoms with Gasteiger partial charge in [0.1, 0.15) is 5.75 Å². The van der Waals surface area contributed by atoms with Crippen LogP contribution < -0.4 is 0 Å². The molecule has 0 saturated heterocycles. The predicted molar refractivity (Wildman–Crippen MR) is 40.2 cm³/mol. The second-order valence-corrected chi connectivity index (χ2v) is 2.22. The lowest BCUT2D eigenvalue weighted by Gasteiger charge is -1.96. The largest absolute Gasteiger partial charge is 0.507 e. The molecule has 0 bridgehead atoms. The van der Waals surface area contributed by atoms with Crippen molar-refractivity contribution in [2.75, 3.05) is 0 Å². The van der Waals surface area contributed by atoms with Gasteiger partial charge in [0.25, 0.3) is 5.89 Å². The van der Waals surface area contributed by atoms with E-state index in [9.17, 15) is 5.11 Å². The van der Waals surface area contributed by atoms with Crippen LogP contribution in [0, 0.1) is 6.39 Å². The standard InChI is InChI=1S/C8H5N2O2/c11-7-4-2-1-3-6(7)8-10-9-5-12-8/h1-4,11H. The highest BCUT2D eigenvalue weighted by molar-refractivity contribution is 5.61. The molecule has 0 aliphatic carbocycles. The van der Waals surface area contributed by atoms with Crippen molar-refractivity contribution in [3.05, 3.63) is 30.7 Å². The van der Waals surface area contributed by atoms with E-state index in [1.54, 1.807) is 24.3 Å². The topological polar surface area (TPSA) is 59.2 Å². The minimum absolute atomic E-state index is 0.121. The number of hydrogen-bond donors (Lipinski definition) is 1. The number of phenolic OH excluding ortho intramolecular Hbond substituents is 1. The number of nitrogens with zero attached hydrogens (tertiary/aromatic N) is 2. The fourth-order valence-electron chi connectivity index (χ4n) is 0.913. The first-order valence-electron chi connectivity index (χ1n) is 3.36. The molecule has 0 saturated carbocycles. The van der Waals surface area contributed by atoms with Gasteiger partial charge in [-0.3, -0.25) is 0 Å². The Balaban J connectivity index is 2.55. The molecule has 4 heteroatoms. The lowest BCUT2D eigenvalue weighted by molar-refractivity contribution is 0.472. The van der Waals surface area contributed by atoms with E-state index in [1.165, 1.54) is 0 Å². The van der Waals surface area contributed by atoms with Crippen molar-refractivity contribution in [3.63, 3.8) is 0 Å². The van der Waals surface area contributed by atoms with Gasteiger partial charge in [-0.05, 0) is 12.1 Å². The summed E-state index contributed by atoms with van der Waals surface area (Å²) in [5.41, 5.74) is 0.520. The molecule has 12 heavy (non-hydrogen) atoms. The molecule has 0 aliphatic heterocycles. The Bertz CT molecular complexity index is 370. The Kier molecular flexibility index (Phi) is 1.51. The first-order valence-corrected chi connectivity index (χ1v) is 3.36.